The van der Waals surface area contributed by atoms with Crippen LogP contribution in [0.15, 0.2) is 29.6 Å². The lowest BCUT2D eigenvalue weighted by molar-refractivity contribution is -0.384. The van der Waals surface area contributed by atoms with Crippen molar-refractivity contribution in [3.8, 4) is 10.6 Å². The number of nitro groups is 1. The predicted octanol–water partition coefficient (Wildman–Crippen LogP) is 3.14. The van der Waals surface area contributed by atoms with Crippen LogP contribution in [0.1, 0.15) is 24.6 Å². The molecule has 0 radical (unpaired) electrons. The summed E-state index contributed by atoms with van der Waals surface area (Å²) in [6.07, 6.45) is 2.32. The Morgan fingerprint density at radius 1 is 1.37 bits per heavy atom. The molecule has 1 unspecified atom stereocenters. The van der Waals surface area contributed by atoms with Crippen LogP contribution in [-0.4, -0.2) is 16.5 Å². The number of hydrogen-bond acceptors (Lipinski definition) is 5. The third-order valence-corrected chi connectivity index (χ3v) is 4.17. The van der Waals surface area contributed by atoms with Gasteiger partial charge < -0.3 is 5.32 Å². The number of benzene rings is 1. The highest BCUT2D eigenvalue weighted by Crippen LogP contribution is 2.30. The molecule has 1 fully saturated rings. The molecule has 0 amide bonds. The summed E-state index contributed by atoms with van der Waals surface area (Å²) in [4.78, 5) is 14.8. The second-order valence-corrected chi connectivity index (χ2v) is 5.39. The number of non-ortho nitro benzene ring substituents is 1. The van der Waals surface area contributed by atoms with E-state index in [4.69, 9.17) is 0 Å². The van der Waals surface area contributed by atoms with Gasteiger partial charge in [0, 0.05) is 23.1 Å². The molecule has 3 rings (SSSR count). The standard InChI is InChI=1S/C13H13N3O2S/c17-16(18)10-5-3-9(4-6-10)13-15-12(8-19-13)11-2-1-7-14-11/h3-6,8,11,14H,1-2,7H2. The maximum atomic E-state index is 10.6. The van der Waals surface area contributed by atoms with Crippen LogP contribution in [0.3, 0.4) is 0 Å². The number of nitrogens with one attached hydrogen (secondary N) is 1. The SMILES string of the molecule is O=[N+]([O-])c1ccc(-c2nc(C3CCCN3)cs2)cc1. The fourth-order valence-corrected chi connectivity index (χ4v) is 3.12. The zero-order valence-electron chi connectivity index (χ0n) is 10.2. The van der Waals surface area contributed by atoms with Crippen molar-refractivity contribution in [2.45, 2.75) is 18.9 Å². The molecule has 0 bridgehead atoms. The Kier molecular flexibility index (Phi) is 3.27. The molecule has 1 aliphatic rings. The van der Waals surface area contributed by atoms with Gasteiger partial charge in [0.1, 0.15) is 5.01 Å². The van der Waals surface area contributed by atoms with Gasteiger partial charge >= 0.3 is 0 Å². The fourth-order valence-electron chi connectivity index (χ4n) is 2.24. The fraction of sp³-hybridized carbons (Fsp3) is 0.308. The number of hydrogen-bond donors (Lipinski definition) is 1. The third-order valence-electron chi connectivity index (χ3n) is 3.26. The first-order valence-corrected chi connectivity index (χ1v) is 7.05. The van der Waals surface area contributed by atoms with Gasteiger partial charge in [-0.1, -0.05) is 0 Å². The largest absolute Gasteiger partial charge is 0.309 e. The van der Waals surface area contributed by atoms with Gasteiger partial charge in [0.2, 0.25) is 0 Å². The molecule has 1 aromatic heterocycles. The van der Waals surface area contributed by atoms with E-state index in [9.17, 15) is 10.1 Å². The minimum Gasteiger partial charge on any atom is -0.309 e. The van der Waals surface area contributed by atoms with Gasteiger partial charge in [0.15, 0.2) is 0 Å². The van der Waals surface area contributed by atoms with Crippen LogP contribution in [0.25, 0.3) is 10.6 Å². The normalized spacial score (nSPS) is 18.6. The maximum Gasteiger partial charge on any atom is 0.269 e. The van der Waals surface area contributed by atoms with Gasteiger partial charge in [-0.3, -0.25) is 10.1 Å². The molecule has 2 aromatic rings. The molecule has 1 saturated heterocycles. The number of nitro benzene ring substituents is 1. The first-order valence-electron chi connectivity index (χ1n) is 6.17. The van der Waals surface area contributed by atoms with Crippen molar-refractivity contribution in [3.05, 3.63) is 45.5 Å². The average Bonchev–Trinajstić information content (AvgIpc) is 3.10. The number of aromatic nitrogens is 1. The Morgan fingerprint density at radius 2 is 2.16 bits per heavy atom. The number of thiazole rings is 1. The van der Waals surface area contributed by atoms with Crippen molar-refractivity contribution in [1.82, 2.24) is 10.3 Å². The van der Waals surface area contributed by atoms with E-state index >= 15 is 0 Å². The molecule has 0 spiro atoms. The lowest BCUT2D eigenvalue weighted by Gasteiger charge is -2.04. The summed E-state index contributed by atoms with van der Waals surface area (Å²) < 4.78 is 0. The van der Waals surface area contributed by atoms with Gasteiger partial charge in [-0.25, -0.2) is 4.98 Å². The summed E-state index contributed by atoms with van der Waals surface area (Å²) in [7, 11) is 0. The summed E-state index contributed by atoms with van der Waals surface area (Å²) >= 11 is 1.58. The quantitative estimate of drug-likeness (QED) is 0.690. The van der Waals surface area contributed by atoms with Crippen LogP contribution < -0.4 is 5.32 Å². The summed E-state index contributed by atoms with van der Waals surface area (Å²) in [6, 6.07) is 6.91. The van der Waals surface area contributed by atoms with Gasteiger partial charge in [0.05, 0.1) is 16.7 Å². The summed E-state index contributed by atoms with van der Waals surface area (Å²) in [5.41, 5.74) is 2.12. The van der Waals surface area contributed by atoms with Crippen molar-refractivity contribution >= 4 is 17.0 Å². The van der Waals surface area contributed by atoms with Crippen LogP contribution in [0, 0.1) is 10.1 Å². The monoisotopic (exact) mass is 275 g/mol. The van der Waals surface area contributed by atoms with E-state index in [0.29, 0.717) is 6.04 Å². The lowest BCUT2D eigenvalue weighted by Crippen LogP contribution is -2.12. The van der Waals surface area contributed by atoms with E-state index in [-0.39, 0.29) is 10.6 Å². The zero-order chi connectivity index (χ0) is 13.2. The van der Waals surface area contributed by atoms with E-state index in [2.05, 4.69) is 15.7 Å². The molecule has 0 aliphatic carbocycles. The van der Waals surface area contributed by atoms with Gasteiger partial charge in [-0.15, -0.1) is 11.3 Å². The number of nitrogens with zero attached hydrogens (tertiary/aromatic N) is 2. The summed E-state index contributed by atoms with van der Waals surface area (Å²) in [6.45, 7) is 1.05. The highest BCUT2D eigenvalue weighted by Gasteiger charge is 2.19. The Hall–Kier alpha value is -1.79. The molecule has 1 atom stereocenters. The van der Waals surface area contributed by atoms with Gasteiger partial charge in [-0.05, 0) is 31.5 Å². The minimum atomic E-state index is -0.389. The van der Waals surface area contributed by atoms with Crippen LogP contribution >= 0.6 is 11.3 Å². The van der Waals surface area contributed by atoms with Crippen molar-refractivity contribution in [2.24, 2.45) is 0 Å². The van der Waals surface area contributed by atoms with E-state index < -0.39 is 0 Å². The van der Waals surface area contributed by atoms with Crippen molar-refractivity contribution in [3.63, 3.8) is 0 Å². The van der Waals surface area contributed by atoms with Crippen LogP contribution in [0.5, 0.6) is 0 Å². The van der Waals surface area contributed by atoms with E-state index in [1.165, 1.54) is 18.6 Å². The van der Waals surface area contributed by atoms with Crippen LogP contribution in [-0.2, 0) is 0 Å². The molecule has 19 heavy (non-hydrogen) atoms. The average molecular weight is 275 g/mol. The van der Waals surface area contributed by atoms with Crippen molar-refractivity contribution in [1.29, 1.82) is 0 Å². The Labute approximate surface area is 114 Å². The molecular weight excluding hydrogens is 262 g/mol. The molecular formula is C13H13N3O2S. The molecule has 2 heterocycles. The van der Waals surface area contributed by atoms with Gasteiger partial charge in [-0.2, -0.15) is 0 Å². The second kappa shape index (κ2) is 5.07. The topological polar surface area (TPSA) is 68.1 Å². The highest BCUT2D eigenvalue weighted by atomic mass is 32.1. The molecule has 0 saturated carbocycles. The van der Waals surface area contributed by atoms with Crippen LogP contribution in [0.2, 0.25) is 0 Å². The predicted molar refractivity (Wildman–Crippen MR) is 74.2 cm³/mol. The summed E-state index contributed by atoms with van der Waals surface area (Å²) in [5, 5.41) is 17.0. The molecule has 1 aliphatic heterocycles. The maximum absolute atomic E-state index is 10.6. The molecule has 1 N–H and O–H groups in total. The first-order chi connectivity index (χ1) is 9.24. The summed E-state index contributed by atoms with van der Waals surface area (Å²) in [5.74, 6) is 0. The van der Waals surface area contributed by atoms with E-state index in [1.54, 1.807) is 23.5 Å². The van der Waals surface area contributed by atoms with Gasteiger partial charge in [0.25, 0.3) is 5.69 Å². The van der Waals surface area contributed by atoms with Crippen LogP contribution in [0.4, 0.5) is 5.69 Å². The lowest BCUT2D eigenvalue weighted by atomic mass is 10.2. The molecule has 1 aromatic carbocycles. The Morgan fingerprint density at radius 3 is 2.79 bits per heavy atom. The number of rotatable bonds is 3. The Balaban J connectivity index is 1.83. The van der Waals surface area contributed by atoms with E-state index in [0.717, 1.165) is 29.2 Å². The third kappa shape index (κ3) is 2.50. The zero-order valence-corrected chi connectivity index (χ0v) is 11.0. The molecule has 6 heteroatoms. The van der Waals surface area contributed by atoms with E-state index in [1.807, 2.05) is 0 Å². The Bertz CT molecular complexity index is 588. The van der Waals surface area contributed by atoms with Crippen molar-refractivity contribution in [2.75, 3.05) is 6.54 Å². The molecule has 98 valence electrons. The minimum absolute atomic E-state index is 0.109. The molecule has 5 nitrogen and oxygen atoms in total. The smallest absolute Gasteiger partial charge is 0.269 e. The second-order valence-electron chi connectivity index (χ2n) is 4.53. The van der Waals surface area contributed by atoms with Crippen molar-refractivity contribution < 1.29 is 4.92 Å². The first kappa shape index (κ1) is 12.3. The highest BCUT2D eigenvalue weighted by molar-refractivity contribution is 7.13.